The topological polar surface area (TPSA) is 26.3 Å². The molecule has 0 aliphatic carbocycles. The molecule has 0 fully saturated rings. The summed E-state index contributed by atoms with van der Waals surface area (Å²) in [5.74, 6) is -20.7. The van der Waals surface area contributed by atoms with Crippen molar-refractivity contribution in [2.45, 2.75) is 35.8 Å². The van der Waals surface area contributed by atoms with E-state index in [0.29, 0.717) is 6.08 Å². The molecule has 2 nitrogen and oxygen atoms in total. The van der Waals surface area contributed by atoms with Crippen LogP contribution in [-0.4, -0.2) is 41.9 Å². The lowest BCUT2D eigenvalue weighted by Gasteiger charge is -2.39. The molecule has 0 aliphatic rings. The molecule has 0 aliphatic heterocycles. The summed E-state index contributed by atoms with van der Waals surface area (Å²) >= 11 is 0. The molecule has 0 heterocycles. The molecule has 2 unspecified atom stereocenters. The van der Waals surface area contributed by atoms with Gasteiger partial charge in [0.25, 0.3) is 5.41 Å². The lowest BCUT2D eigenvalue weighted by Crippen LogP contribution is -2.65. The van der Waals surface area contributed by atoms with Gasteiger partial charge >= 0.3 is 29.9 Å². The van der Waals surface area contributed by atoms with Crippen LogP contribution >= 0.6 is 9.24 Å². The Bertz CT molecular complexity index is 457. The van der Waals surface area contributed by atoms with E-state index in [9.17, 15) is 48.7 Å². The second-order valence-electron chi connectivity index (χ2n) is 4.18. The van der Waals surface area contributed by atoms with Gasteiger partial charge in [-0.1, -0.05) is 15.8 Å². The Hall–Kier alpha value is -1.06. The van der Waals surface area contributed by atoms with Crippen LogP contribution in [0.3, 0.4) is 0 Å². The van der Waals surface area contributed by atoms with Crippen molar-refractivity contribution in [1.82, 2.24) is 0 Å². The Labute approximate surface area is 125 Å². The van der Waals surface area contributed by atoms with Crippen molar-refractivity contribution in [2.24, 2.45) is 0 Å². The number of rotatable bonds is 7. The fourth-order valence-electron chi connectivity index (χ4n) is 1.13. The van der Waals surface area contributed by atoms with Crippen LogP contribution in [0.2, 0.25) is 0 Å². The minimum atomic E-state index is -6.82. The Morgan fingerprint density at radius 1 is 0.957 bits per heavy atom. The number of hydrogen-bond acceptors (Lipinski definition) is 2. The molecule has 0 aromatic heterocycles. The number of carbonyl (C=O) groups excluding carboxylic acids is 1. The van der Waals surface area contributed by atoms with Crippen LogP contribution in [-0.2, 0) is 9.53 Å². The molecule has 23 heavy (non-hydrogen) atoms. The Morgan fingerprint density at radius 2 is 1.39 bits per heavy atom. The summed E-state index contributed by atoms with van der Waals surface area (Å²) in [6.07, 6.45) is -8.41. The van der Waals surface area contributed by atoms with Gasteiger partial charge in [0, 0.05) is 6.08 Å². The Morgan fingerprint density at radius 3 is 1.74 bits per heavy atom. The summed E-state index contributed by atoms with van der Waals surface area (Å²) < 4.78 is 132. The molecule has 0 saturated heterocycles. The fraction of sp³-hybridized carbons (Fsp3) is 0.700. The Kier molecular flexibility index (Phi) is 6.15. The first-order valence-corrected chi connectivity index (χ1v) is 6.00. The van der Waals surface area contributed by atoms with Crippen LogP contribution in [0.5, 0.6) is 0 Å². The first-order chi connectivity index (χ1) is 9.95. The predicted molar refractivity (Wildman–Crippen MR) is 60.2 cm³/mol. The second-order valence-corrected chi connectivity index (χ2v) is 4.98. The fourth-order valence-corrected chi connectivity index (χ4v) is 1.31. The zero-order valence-corrected chi connectivity index (χ0v) is 12.0. The van der Waals surface area contributed by atoms with Gasteiger partial charge in [-0.15, -0.1) is 0 Å². The minimum Gasteiger partial charge on any atom is -0.462 e. The van der Waals surface area contributed by atoms with Crippen molar-refractivity contribution >= 4 is 15.2 Å². The summed E-state index contributed by atoms with van der Waals surface area (Å²) in [7, 11) is -0.231. The molecular weight excluding hydrogens is 373 g/mol. The smallest absolute Gasteiger partial charge is 0.432 e. The average molecular weight is 382 g/mol. The molecule has 0 N–H and O–H groups in total. The highest BCUT2D eigenvalue weighted by molar-refractivity contribution is 7.19. The van der Waals surface area contributed by atoms with E-state index in [2.05, 4.69) is 11.3 Å². The summed E-state index contributed by atoms with van der Waals surface area (Å²) in [6, 6.07) is 0. The SMILES string of the molecule is C=CC(=O)OCCC(F)(F)C(F)(F)C(F)(F)C(F)(P)C(F)(F)F. The summed E-state index contributed by atoms with van der Waals surface area (Å²) in [5, 5.41) is -6.01. The standard InChI is InChI=1S/C10H9F10O2P/c1-2-5(21)22-4-3-6(11,12)7(13,14)8(15,16)9(17,23)10(18,19)20/h2H,1,3-4,23H2. The van der Waals surface area contributed by atoms with Crippen LogP contribution in [0.15, 0.2) is 12.7 Å². The summed E-state index contributed by atoms with van der Waals surface area (Å²) in [5.41, 5.74) is 0. The largest absolute Gasteiger partial charge is 0.462 e. The van der Waals surface area contributed by atoms with Crippen LogP contribution < -0.4 is 0 Å². The quantitative estimate of drug-likeness (QED) is 0.287. The molecule has 0 aromatic rings. The van der Waals surface area contributed by atoms with Crippen molar-refractivity contribution in [3.8, 4) is 0 Å². The maximum absolute atomic E-state index is 13.2. The highest BCUT2D eigenvalue weighted by Gasteiger charge is 2.83. The van der Waals surface area contributed by atoms with Crippen molar-refractivity contribution in [2.75, 3.05) is 6.61 Å². The van der Waals surface area contributed by atoms with Gasteiger partial charge in [-0.25, -0.2) is 9.18 Å². The number of ether oxygens (including phenoxy) is 1. The van der Waals surface area contributed by atoms with Crippen LogP contribution in [0, 0.1) is 0 Å². The molecule has 0 aromatic carbocycles. The van der Waals surface area contributed by atoms with Crippen molar-refractivity contribution in [1.29, 1.82) is 0 Å². The third kappa shape index (κ3) is 3.89. The van der Waals surface area contributed by atoms with Gasteiger partial charge in [0.2, 0.25) is 0 Å². The van der Waals surface area contributed by atoms with Gasteiger partial charge in [0.1, 0.15) is 0 Å². The number of alkyl halides is 10. The van der Waals surface area contributed by atoms with E-state index < -0.39 is 48.4 Å². The zero-order valence-electron chi connectivity index (χ0n) is 10.9. The van der Waals surface area contributed by atoms with Crippen LogP contribution in [0.1, 0.15) is 6.42 Å². The van der Waals surface area contributed by atoms with E-state index in [1.165, 1.54) is 0 Å². The van der Waals surface area contributed by atoms with Crippen molar-refractivity contribution < 1.29 is 53.4 Å². The van der Waals surface area contributed by atoms with E-state index >= 15 is 0 Å². The van der Waals surface area contributed by atoms with E-state index in [1.54, 1.807) is 0 Å². The van der Waals surface area contributed by atoms with Gasteiger partial charge in [0.15, 0.2) is 0 Å². The minimum absolute atomic E-state index is 0.231. The van der Waals surface area contributed by atoms with E-state index in [-0.39, 0.29) is 9.24 Å². The second kappa shape index (κ2) is 6.45. The summed E-state index contributed by atoms with van der Waals surface area (Å²) in [6.45, 7) is 1.28. The van der Waals surface area contributed by atoms with Gasteiger partial charge < -0.3 is 4.74 Å². The van der Waals surface area contributed by atoms with Gasteiger partial charge in [-0.3, -0.25) is 0 Å². The highest BCUT2D eigenvalue weighted by Crippen LogP contribution is 2.59. The third-order valence-electron chi connectivity index (χ3n) is 2.55. The van der Waals surface area contributed by atoms with Gasteiger partial charge in [-0.2, -0.15) is 39.5 Å². The maximum Gasteiger partial charge on any atom is 0.432 e. The maximum atomic E-state index is 13.2. The molecule has 0 saturated carbocycles. The third-order valence-corrected chi connectivity index (χ3v) is 3.24. The molecule has 136 valence electrons. The number of halogens is 10. The number of esters is 1. The molecule has 0 radical (unpaired) electrons. The normalized spacial score (nSPS) is 16.7. The van der Waals surface area contributed by atoms with Gasteiger partial charge in [0.05, 0.1) is 13.0 Å². The van der Waals surface area contributed by atoms with E-state index in [0.717, 1.165) is 0 Å². The van der Waals surface area contributed by atoms with Gasteiger partial charge in [-0.05, 0) is 0 Å². The molecule has 0 bridgehead atoms. The van der Waals surface area contributed by atoms with Crippen molar-refractivity contribution in [3.05, 3.63) is 12.7 Å². The lowest BCUT2D eigenvalue weighted by molar-refractivity contribution is -0.367. The first-order valence-electron chi connectivity index (χ1n) is 5.43. The Balaban J connectivity index is 5.49. The molecule has 0 amide bonds. The highest BCUT2D eigenvalue weighted by atomic mass is 31.0. The molecule has 0 spiro atoms. The average Bonchev–Trinajstić information content (AvgIpc) is 2.36. The van der Waals surface area contributed by atoms with Crippen molar-refractivity contribution in [3.63, 3.8) is 0 Å². The molecular formula is C10H9F10O2P. The van der Waals surface area contributed by atoms with E-state index in [4.69, 9.17) is 0 Å². The number of hydrogen-bond donors (Lipinski definition) is 0. The predicted octanol–water partition coefficient (Wildman–Crippen LogP) is 4.11. The first kappa shape index (κ1) is 21.9. The lowest BCUT2D eigenvalue weighted by atomic mass is 9.97. The molecule has 2 atom stereocenters. The molecule has 13 heteroatoms. The van der Waals surface area contributed by atoms with Crippen LogP contribution in [0.4, 0.5) is 43.9 Å². The summed E-state index contributed by atoms with van der Waals surface area (Å²) in [4.78, 5) is 10.5. The monoisotopic (exact) mass is 382 g/mol. The zero-order chi connectivity index (χ0) is 18.9. The number of carbonyl (C=O) groups is 1. The molecule has 0 rings (SSSR count). The van der Waals surface area contributed by atoms with E-state index in [1.807, 2.05) is 0 Å². The van der Waals surface area contributed by atoms with Crippen LogP contribution in [0.25, 0.3) is 0 Å².